The van der Waals surface area contributed by atoms with E-state index in [0.717, 1.165) is 25.2 Å². The Bertz CT molecular complexity index is 1060. The van der Waals surface area contributed by atoms with Gasteiger partial charge >= 0.3 is 0 Å². The Kier molecular flexibility index (Phi) is 5.27. The average Bonchev–Trinajstić information content (AvgIpc) is 3.17. The summed E-state index contributed by atoms with van der Waals surface area (Å²) in [6.07, 6.45) is 1.53. The molecule has 0 unspecified atom stereocenters. The molecule has 2 heterocycles. The zero-order valence-corrected chi connectivity index (χ0v) is 16.4. The molecule has 1 N–H and O–H groups in total. The van der Waals surface area contributed by atoms with Gasteiger partial charge in [0.1, 0.15) is 0 Å². The number of Topliss-reactive ketones (excluding diaryl/α,β-unsaturated/α-hetero) is 2. The average molecular weight is 389 g/mol. The first-order chi connectivity index (χ1) is 14.0. The first-order valence-corrected chi connectivity index (χ1v) is 9.75. The Morgan fingerprint density at radius 3 is 2.38 bits per heavy atom. The molecule has 2 aromatic carbocycles. The molecule has 1 aliphatic rings. The Morgan fingerprint density at radius 1 is 0.966 bits per heavy atom. The minimum Gasteiger partial charge on any atom is -0.360 e. The zero-order chi connectivity index (χ0) is 20.4. The zero-order valence-electron chi connectivity index (χ0n) is 16.4. The Balaban J connectivity index is 1.46. The standard InChI is InChI=1S/C23H23N3O3/c1-16(27)22(28)20-14-24-21-8-7-18(13-19(20)21)23(29)26-11-9-25(10-12-26)15-17-5-3-2-4-6-17/h2-8,13-14,24H,9-12,15H2,1H3. The lowest BCUT2D eigenvalue weighted by atomic mass is 10.0. The Morgan fingerprint density at radius 2 is 1.69 bits per heavy atom. The van der Waals surface area contributed by atoms with Gasteiger partial charge in [0.05, 0.1) is 5.56 Å². The van der Waals surface area contributed by atoms with Crippen LogP contribution >= 0.6 is 0 Å². The summed E-state index contributed by atoms with van der Waals surface area (Å²) in [5, 5.41) is 0.610. The van der Waals surface area contributed by atoms with E-state index in [1.807, 2.05) is 23.1 Å². The summed E-state index contributed by atoms with van der Waals surface area (Å²) in [7, 11) is 0. The molecule has 0 aliphatic carbocycles. The van der Waals surface area contributed by atoms with Crippen LogP contribution in [0.4, 0.5) is 0 Å². The highest BCUT2D eigenvalue weighted by Crippen LogP contribution is 2.22. The summed E-state index contributed by atoms with van der Waals surface area (Å²) < 4.78 is 0. The van der Waals surface area contributed by atoms with E-state index in [9.17, 15) is 14.4 Å². The number of aromatic nitrogens is 1. The first kappa shape index (κ1) is 19.1. The Labute approximate surface area is 169 Å². The monoisotopic (exact) mass is 389 g/mol. The molecule has 1 fully saturated rings. The maximum absolute atomic E-state index is 13.0. The summed E-state index contributed by atoms with van der Waals surface area (Å²) in [4.78, 5) is 43.8. The highest BCUT2D eigenvalue weighted by Gasteiger charge is 2.23. The van der Waals surface area contributed by atoms with Crippen LogP contribution in [0.5, 0.6) is 0 Å². The van der Waals surface area contributed by atoms with Crippen LogP contribution in [0.3, 0.4) is 0 Å². The number of amides is 1. The van der Waals surface area contributed by atoms with Crippen LogP contribution in [-0.4, -0.2) is 58.4 Å². The second kappa shape index (κ2) is 8.01. The van der Waals surface area contributed by atoms with E-state index in [1.54, 1.807) is 18.2 Å². The number of benzene rings is 2. The van der Waals surface area contributed by atoms with Crippen LogP contribution in [0, 0.1) is 0 Å². The molecule has 1 aromatic heterocycles. The number of rotatable bonds is 5. The van der Waals surface area contributed by atoms with Gasteiger partial charge in [-0.05, 0) is 23.8 Å². The van der Waals surface area contributed by atoms with E-state index in [4.69, 9.17) is 0 Å². The summed E-state index contributed by atoms with van der Waals surface area (Å²) in [6, 6.07) is 15.6. The normalized spacial score (nSPS) is 14.9. The number of piperazine rings is 1. The molecule has 4 rings (SSSR count). The number of nitrogens with zero attached hydrogens (tertiary/aromatic N) is 2. The van der Waals surface area contributed by atoms with Crippen LogP contribution < -0.4 is 0 Å². The summed E-state index contributed by atoms with van der Waals surface area (Å²) >= 11 is 0. The minimum absolute atomic E-state index is 0.0475. The first-order valence-electron chi connectivity index (χ1n) is 9.75. The number of carbonyl (C=O) groups is 3. The summed E-state index contributed by atoms with van der Waals surface area (Å²) in [5.41, 5.74) is 2.85. The van der Waals surface area contributed by atoms with Crippen LogP contribution in [0.2, 0.25) is 0 Å². The molecular weight excluding hydrogens is 366 g/mol. The van der Waals surface area contributed by atoms with Gasteiger partial charge in [-0.1, -0.05) is 30.3 Å². The number of H-pyrrole nitrogens is 1. The number of fused-ring (bicyclic) bond motifs is 1. The molecule has 1 amide bonds. The molecule has 3 aromatic rings. The lowest BCUT2D eigenvalue weighted by Gasteiger charge is -2.34. The molecule has 148 valence electrons. The molecular formula is C23H23N3O3. The molecule has 0 spiro atoms. The number of nitrogens with one attached hydrogen (secondary N) is 1. The van der Waals surface area contributed by atoms with Crippen molar-refractivity contribution in [3.8, 4) is 0 Å². The van der Waals surface area contributed by atoms with Crippen molar-refractivity contribution in [2.24, 2.45) is 0 Å². The maximum atomic E-state index is 13.0. The second-order valence-corrected chi connectivity index (χ2v) is 7.40. The van der Waals surface area contributed by atoms with Crippen molar-refractivity contribution in [1.82, 2.24) is 14.8 Å². The molecule has 6 heteroatoms. The van der Waals surface area contributed by atoms with E-state index >= 15 is 0 Å². The quantitative estimate of drug-likeness (QED) is 0.538. The number of carbonyl (C=O) groups excluding carboxylic acids is 3. The molecule has 0 radical (unpaired) electrons. The number of aromatic amines is 1. The van der Waals surface area contributed by atoms with Gasteiger partial charge in [0.2, 0.25) is 5.78 Å². The van der Waals surface area contributed by atoms with E-state index < -0.39 is 11.6 Å². The number of ketones is 2. The van der Waals surface area contributed by atoms with Crippen LogP contribution in [0.1, 0.15) is 33.2 Å². The second-order valence-electron chi connectivity index (χ2n) is 7.40. The fraction of sp³-hybridized carbons (Fsp3) is 0.261. The summed E-state index contributed by atoms with van der Waals surface area (Å²) in [5.74, 6) is -1.11. The van der Waals surface area contributed by atoms with Gasteiger partial charge in [0.25, 0.3) is 5.91 Å². The molecule has 0 bridgehead atoms. The van der Waals surface area contributed by atoms with Crippen LogP contribution in [0.15, 0.2) is 54.7 Å². The summed E-state index contributed by atoms with van der Waals surface area (Å²) in [6.45, 7) is 5.11. The maximum Gasteiger partial charge on any atom is 0.253 e. The number of hydrogen-bond donors (Lipinski definition) is 1. The highest BCUT2D eigenvalue weighted by atomic mass is 16.2. The van der Waals surface area contributed by atoms with Gasteiger partial charge in [0.15, 0.2) is 5.78 Å². The SMILES string of the molecule is CC(=O)C(=O)c1c[nH]c2ccc(C(=O)N3CCN(Cc4ccccc4)CC3)cc12. The molecule has 0 atom stereocenters. The predicted octanol–water partition coefficient (Wildman–Crippen LogP) is 2.90. The van der Waals surface area contributed by atoms with Crippen molar-refractivity contribution >= 4 is 28.4 Å². The van der Waals surface area contributed by atoms with E-state index in [-0.39, 0.29) is 5.91 Å². The van der Waals surface area contributed by atoms with E-state index in [0.29, 0.717) is 29.6 Å². The van der Waals surface area contributed by atoms with Crippen molar-refractivity contribution in [2.75, 3.05) is 26.2 Å². The van der Waals surface area contributed by atoms with Crippen molar-refractivity contribution < 1.29 is 14.4 Å². The van der Waals surface area contributed by atoms with Gasteiger partial charge in [0, 0.05) is 62.3 Å². The molecule has 1 aliphatic heterocycles. The number of hydrogen-bond acceptors (Lipinski definition) is 4. The fourth-order valence-electron chi connectivity index (χ4n) is 3.76. The largest absolute Gasteiger partial charge is 0.360 e. The smallest absolute Gasteiger partial charge is 0.253 e. The third kappa shape index (κ3) is 3.98. The van der Waals surface area contributed by atoms with Crippen molar-refractivity contribution in [3.63, 3.8) is 0 Å². The van der Waals surface area contributed by atoms with Gasteiger partial charge in [-0.15, -0.1) is 0 Å². The topological polar surface area (TPSA) is 73.5 Å². The lowest BCUT2D eigenvalue weighted by Crippen LogP contribution is -2.48. The molecule has 0 saturated carbocycles. The third-order valence-electron chi connectivity index (χ3n) is 5.40. The van der Waals surface area contributed by atoms with Gasteiger partial charge < -0.3 is 9.88 Å². The third-order valence-corrected chi connectivity index (χ3v) is 5.40. The van der Waals surface area contributed by atoms with Gasteiger partial charge in [-0.2, -0.15) is 0 Å². The molecule has 29 heavy (non-hydrogen) atoms. The highest BCUT2D eigenvalue weighted by molar-refractivity contribution is 6.45. The van der Waals surface area contributed by atoms with Crippen molar-refractivity contribution in [1.29, 1.82) is 0 Å². The van der Waals surface area contributed by atoms with E-state index in [1.165, 1.54) is 18.7 Å². The predicted molar refractivity (Wildman–Crippen MR) is 111 cm³/mol. The lowest BCUT2D eigenvalue weighted by molar-refractivity contribution is -0.113. The van der Waals surface area contributed by atoms with Crippen LogP contribution in [0.25, 0.3) is 10.9 Å². The van der Waals surface area contributed by atoms with Crippen molar-refractivity contribution in [2.45, 2.75) is 13.5 Å². The minimum atomic E-state index is -0.546. The van der Waals surface area contributed by atoms with Crippen molar-refractivity contribution in [3.05, 3.63) is 71.4 Å². The van der Waals surface area contributed by atoms with Crippen LogP contribution in [-0.2, 0) is 11.3 Å². The van der Waals surface area contributed by atoms with E-state index in [2.05, 4.69) is 22.0 Å². The van der Waals surface area contributed by atoms with Gasteiger partial charge in [-0.3, -0.25) is 19.3 Å². The fourth-order valence-corrected chi connectivity index (χ4v) is 3.76. The van der Waals surface area contributed by atoms with Gasteiger partial charge in [-0.25, -0.2) is 0 Å². The Hall–Kier alpha value is -3.25. The molecule has 6 nitrogen and oxygen atoms in total. The molecule has 1 saturated heterocycles.